The summed E-state index contributed by atoms with van der Waals surface area (Å²) >= 11 is 3.29. The number of benzene rings is 1. The number of rotatable bonds is 3. The number of hydrogen-bond acceptors (Lipinski definition) is 3. The van der Waals surface area contributed by atoms with Crippen molar-refractivity contribution in [3.63, 3.8) is 0 Å². The van der Waals surface area contributed by atoms with Gasteiger partial charge < -0.3 is 15.4 Å². The Morgan fingerprint density at radius 3 is 2.73 bits per heavy atom. The van der Waals surface area contributed by atoms with E-state index in [0.29, 0.717) is 11.4 Å². The molecule has 1 aromatic rings. The molecule has 1 aromatic carbocycles. The van der Waals surface area contributed by atoms with Crippen LogP contribution in [0.3, 0.4) is 0 Å². The average Bonchev–Trinajstić information content (AvgIpc) is 2.15. The van der Waals surface area contributed by atoms with E-state index in [1.807, 2.05) is 6.07 Å². The van der Waals surface area contributed by atoms with Gasteiger partial charge in [-0.15, -0.1) is 0 Å². The highest BCUT2D eigenvalue weighted by Crippen LogP contribution is 2.25. The van der Waals surface area contributed by atoms with Crippen LogP contribution in [0.2, 0.25) is 0 Å². The average molecular weight is 273 g/mol. The summed E-state index contributed by atoms with van der Waals surface area (Å²) in [5.41, 5.74) is 6.21. The Labute approximate surface area is 97.1 Å². The molecule has 0 radical (unpaired) electrons. The normalized spacial score (nSPS) is 9.80. The molecule has 0 aliphatic rings. The van der Waals surface area contributed by atoms with E-state index in [-0.39, 0.29) is 12.5 Å². The van der Waals surface area contributed by atoms with Crippen LogP contribution < -0.4 is 10.5 Å². The van der Waals surface area contributed by atoms with Crippen LogP contribution in [0.15, 0.2) is 22.7 Å². The van der Waals surface area contributed by atoms with Gasteiger partial charge in [-0.25, -0.2) is 0 Å². The van der Waals surface area contributed by atoms with Crippen molar-refractivity contribution < 1.29 is 9.53 Å². The van der Waals surface area contributed by atoms with Gasteiger partial charge in [0.2, 0.25) is 0 Å². The molecular weight excluding hydrogens is 260 g/mol. The molecule has 0 fully saturated rings. The summed E-state index contributed by atoms with van der Waals surface area (Å²) < 4.78 is 6.16. The van der Waals surface area contributed by atoms with Crippen molar-refractivity contribution in [1.82, 2.24) is 4.90 Å². The summed E-state index contributed by atoms with van der Waals surface area (Å²) in [5, 5.41) is 0. The molecule has 0 spiro atoms. The van der Waals surface area contributed by atoms with Crippen LogP contribution in [0.1, 0.15) is 0 Å². The lowest BCUT2D eigenvalue weighted by Gasteiger charge is -2.12. The number of halogens is 1. The Morgan fingerprint density at radius 2 is 2.20 bits per heavy atom. The van der Waals surface area contributed by atoms with Crippen LogP contribution in [-0.2, 0) is 4.79 Å². The number of nitrogen functional groups attached to an aromatic ring is 1. The molecule has 15 heavy (non-hydrogen) atoms. The molecule has 0 atom stereocenters. The van der Waals surface area contributed by atoms with Crippen molar-refractivity contribution in [3.8, 4) is 5.75 Å². The van der Waals surface area contributed by atoms with Gasteiger partial charge in [0.05, 0.1) is 5.69 Å². The largest absolute Gasteiger partial charge is 0.482 e. The van der Waals surface area contributed by atoms with Crippen molar-refractivity contribution in [1.29, 1.82) is 0 Å². The van der Waals surface area contributed by atoms with Gasteiger partial charge in [0.15, 0.2) is 6.61 Å². The maximum Gasteiger partial charge on any atom is 0.259 e. The smallest absolute Gasteiger partial charge is 0.259 e. The van der Waals surface area contributed by atoms with E-state index in [2.05, 4.69) is 15.9 Å². The van der Waals surface area contributed by atoms with Gasteiger partial charge in [-0.3, -0.25) is 4.79 Å². The lowest BCUT2D eigenvalue weighted by molar-refractivity contribution is -0.130. The number of hydrogen-bond donors (Lipinski definition) is 1. The lowest BCUT2D eigenvalue weighted by Crippen LogP contribution is -2.27. The topological polar surface area (TPSA) is 55.6 Å². The second-order valence-electron chi connectivity index (χ2n) is 3.26. The third kappa shape index (κ3) is 3.43. The first-order chi connectivity index (χ1) is 7.00. The predicted octanol–water partition coefficient (Wildman–Crippen LogP) is 1.50. The van der Waals surface area contributed by atoms with Crippen LogP contribution in [0.4, 0.5) is 5.69 Å². The monoisotopic (exact) mass is 272 g/mol. The number of ether oxygens (including phenoxy) is 1. The van der Waals surface area contributed by atoms with E-state index in [1.54, 1.807) is 26.2 Å². The lowest BCUT2D eigenvalue weighted by atomic mass is 10.3. The van der Waals surface area contributed by atoms with Crippen molar-refractivity contribution in [3.05, 3.63) is 22.7 Å². The summed E-state index contributed by atoms with van der Waals surface area (Å²) in [6.07, 6.45) is 0. The first-order valence-electron chi connectivity index (χ1n) is 4.38. The third-order valence-electron chi connectivity index (χ3n) is 1.82. The van der Waals surface area contributed by atoms with Crippen molar-refractivity contribution >= 4 is 27.5 Å². The second kappa shape index (κ2) is 5.02. The fourth-order valence-electron chi connectivity index (χ4n) is 0.919. The molecule has 1 rings (SSSR count). The number of nitrogens with two attached hydrogens (primary N) is 1. The highest BCUT2D eigenvalue weighted by atomic mass is 79.9. The van der Waals surface area contributed by atoms with Crippen LogP contribution >= 0.6 is 15.9 Å². The molecule has 0 bridgehead atoms. The van der Waals surface area contributed by atoms with Gasteiger partial charge in [-0.2, -0.15) is 0 Å². The van der Waals surface area contributed by atoms with Gasteiger partial charge in [0, 0.05) is 18.6 Å². The summed E-state index contributed by atoms with van der Waals surface area (Å²) in [7, 11) is 3.35. The number of likely N-dealkylation sites (N-methyl/N-ethyl adjacent to an activating group) is 1. The van der Waals surface area contributed by atoms with E-state index in [0.717, 1.165) is 4.47 Å². The zero-order valence-electron chi connectivity index (χ0n) is 8.66. The molecule has 2 N–H and O–H groups in total. The molecule has 0 heterocycles. The molecule has 0 aliphatic carbocycles. The number of carbonyl (C=O) groups is 1. The first-order valence-corrected chi connectivity index (χ1v) is 5.18. The predicted molar refractivity (Wildman–Crippen MR) is 62.7 cm³/mol. The van der Waals surface area contributed by atoms with Gasteiger partial charge in [-0.1, -0.05) is 15.9 Å². The van der Waals surface area contributed by atoms with Gasteiger partial charge in [-0.05, 0) is 18.2 Å². The van der Waals surface area contributed by atoms with Crippen molar-refractivity contribution in [2.24, 2.45) is 0 Å². The summed E-state index contributed by atoms with van der Waals surface area (Å²) in [4.78, 5) is 12.7. The third-order valence-corrected chi connectivity index (χ3v) is 2.32. The van der Waals surface area contributed by atoms with E-state index in [9.17, 15) is 4.79 Å². The number of amides is 1. The molecule has 0 saturated heterocycles. The number of anilines is 1. The summed E-state index contributed by atoms with van der Waals surface area (Å²) in [5.74, 6) is 0.422. The minimum absolute atomic E-state index is 0.00116. The zero-order chi connectivity index (χ0) is 11.4. The maximum atomic E-state index is 11.2. The Kier molecular flexibility index (Phi) is 3.96. The van der Waals surface area contributed by atoms with E-state index < -0.39 is 0 Å². The SMILES string of the molecule is CN(C)C(=O)COc1ccc(Br)cc1N. The first kappa shape index (κ1) is 11.8. The maximum absolute atomic E-state index is 11.2. The van der Waals surface area contributed by atoms with Crippen LogP contribution in [0, 0.1) is 0 Å². The van der Waals surface area contributed by atoms with Gasteiger partial charge >= 0.3 is 0 Å². The quantitative estimate of drug-likeness (QED) is 0.849. The molecule has 1 amide bonds. The fourth-order valence-corrected chi connectivity index (χ4v) is 1.30. The molecule has 0 saturated carbocycles. The Hall–Kier alpha value is -1.23. The molecule has 0 unspecified atom stereocenters. The molecule has 0 aliphatic heterocycles. The molecular formula is C10H13BrN2O2. The van der Waals surface area contributed by atoms with Gasteiger partial charge in [0.25, 0.3) is 5.91 Å². The van der Waals surface area contributed by atoms with Crippen LogP contribution in [-0.4, -0.2) is 31.5 Å². The van der Waals surface area contributed by atoms with Crippen LogP contribution in [0.25, 0.3) is 0 Å². The number of carbonyl (C=O) groups excluding carboxylic acids is 1. The number of nitrogens with zero attached hydrogens (tertiary/aromatic N) is 1. The molecule has 82 valence electrons. The van der Waals surface area contributed by atoms with Gasteiger partial charge in [0.1, 0.15) is 5.75 Å². The second-order valence-corrected chi connectivity index (χ2v) is 4.17. The van der Waals surface area contributed by atoms with Crippen molar-refractivity contribution in [2.45, 2.75) is 0 Å². The fraction of sp³-hybridized carbons (Fsp3) is 0.300. The van der Waals surface area contributed by atoms with Crippen LogP contribution in [0.5, 0.6) is 5.75 Å². The summed E-state index contributed by atoms with van der Waals surface area (Å²) in [6, 6.07) is 5.27. The highest BCUT2D eigenvalue weighted by molar-refractivity contribution is 9.10. The minimum atomic E-state index is -0.0997. The Morgan fingerprint density at radius 1 is 1.53 bits per heavy atom. The molecule has 4 nitrogen and oxygen atoms in total. The van der Waals surface area contributed by atoms with E-state index >= 15 is 0 Å². The molecule has 0 aromatic heterocycles. The standard InChI is InChI=1S/C10H13BrN2O2/c1-13(2)10(14)6-15-9-4-3-7(11)5-8(9)12/h3-5H,6,12H2,1-2H3. The molecule has 5 heteroatoms. The van der Waals surface area contributed by atoms with E-state index in [4.69, 9.17) is 10.5 Å². The highest BCUT2D eigenvalue weighted by Gasteiger charge is 2.06. The van der Waals surface area contributed by atoms with Crippen molar-refractivity contribution in [2.75, 3.05) is 26.4 Å². The minimum Gasteiger partial charge on any atom is -0.482 e. The Bertz CT molecular complexity index is 366. The summed E-state index contributed by atoms with van der Waals surface area (Å²) in [6.45, 7) is -0.00116. The Balaban J connectivity index is 2.62. The van der Waals surface area contributed by atoms with E-state index in [1.165, 1.54) is 4.90 Å². The zero-order valence-corrected chi connectivity index (χ0v) is 10.2.